The Morgan fingerprint density at radius 2 is 2.06 bits per heavy atom. The van der Waals surface area contributed by atoms with E-state index in [1.54, 1.807) is 0 Å². The third-order valence-corrected chi connectivity index (χ3v) is 3.25. The highest BCUT2D eigenvalue weighted by atomic mass is 16.1. The lowest BCUT2D eigenvalue weighted by Gasteiger charge is -2.30. The van der Waals surface area contributed by atoms with E-state index in [4.69, 9.17) is 0 Å². The summed E-state index contributed by atoms with van der Waals surface area (Å²) >= 11 is 0. The van der Waals surface area contributed by atoms with Crippen LogP contribution in [-0.4, -0.2) is 34.1 Å². The lowest BCUT2D eigenvalue weighted by Crippen LogP contribution is -2.34. The molecule has 2 heterocycles. The van der Waals surface area contributed by atoms with Crippen molar-refractivity contribution in [2.75, 3.05) is 18.0 Å². The number of nitrogens with zero attached hydrogens (tertiary/aromatic N) is 4. The molecule has 0 spiro atoms. The molecule has 1 aliphatic rings. The summed E-state index contributed by atoms with van der Waals surface area (Å²) in [6.07, 6.45) is 3.15. The highest BCUT2D eigenvalue weighted by Gasteiger charge is 2.21. The average molecular weight is 222 g/mol. The quantitative estimate of drug-likeness (QED) is 0.724. The minimum atomic E-state index is 0.427. The van der Waals surface area contributed by atoms with E-state index in [1.807, 2.05) is 11.5 Å². The molecule has 2 rings (SSSR count). The lowest BCUT2D eigenvalue weighted by molar-refractivity contribution is 0.111. The molecule has 0 unspecified atom stereocenters. The van der Waals surface area contributed by atoms with Crippen LogP contribution in [0.4, 0.5) is 5.95 Å². The molecule has 1 aromatic rings. The molecule has 1 aromatic heterocycles. The van der Waals surface area contributed by atoms with Gasteiger partial charge in [-0.15, -0.1) is 10.2 Å². The smallest absolute Gasteiger partial charge is 0.227 e. The van der Waals surface area contributed by atoms with E-state index in [-0.39, 0.29) is 0 Å². The molecule has 5 heteroatoms. The first-order valence-corrected chi connectivity index (χ1v) is 5.89. The predicted octanol–water partition coefficient (Wildman–Crippen LogP) is 1.35. The summed E-state index contributed by atoms with van der Waals surface area (Å²) in [7, 11) is 0. The average Bonchev–Trinajstić information content (AvgIpc) is 2.72. The first kappa shape index (κ1) is 11.1. The molecule has 0 atom stereocenters. The van der Waals surface area contributed by atoms with Crippen molar-refractivity contribution in [1.82, 2.24) is 14.8 Å². The van der Waals surface area contributed by atoms with Gasteiger partial charge in [-0.1, -0.05) is 6.92 Å². The molecule has 5 nitrogen and oxygen atoms in total. The minimum Gasteiger partial charge on any atom is -0.341 e. The van der Waals surface area contributed by atoms with E-state index in [2.05, 4.69) is 22.0 Å². The van der Waals surface area contributed by atoms with Gasteiger partial charge in [-0.3, -0.25) is 9.36 Å². The second-order valence-corrected chi connectivity index (χ2v) is 4.39. The van der Waals surface area contributed by atoms with Crippen molar-refractivity contribution in [2.45, 2.75) is 33.2 Å². The molecule has 0 N–H and O–H groups in total. The maximum Gasteiger partial charge on any atom is 0.227 e. The Hall–Kier alpha value is -1.39. The van der Waals surface area contributed by atoms with Crippen molar-refractivity contribution in [3.8, 4) is 0 Å². The minimum absolute atomic E-state index is 0.427. The Morgan fingerprint density at radius 1 is 1.38 bits per heavy atom. The Kier molecular flexibility index (Phi) is 3.22. The fraction of sp³-hybridized carbons (Fsp3) is 0.727. The Bertz CT molecular complexity index is 366. The predicted molar refractivity (Wildman–Crippen MR) is 61.7 cm³/mol. The van der Waals surface area contributed by atoms with Crippen LogP contribution >= 0.6 is 0 Å². The van der Waals surface area contributed by atoms with Crippen LogP contribution in [0.3, 0.4) is 0 Å². The molecule has 0 bridgehead atoms. The van der Waals surface area contributed by atoms with Crippen molar-refractivity contribution in [2.24, 2.45) is 5.92 Å². The molecule has 0 radical (unpaired) electrons. The van der Waals surface area contributed by atoms with Crippen LogP contribution in [0.1, 0.15) is 37.3 Å². The summed E-state index contributed by atoms with van der Waals surface area (Å²) in [6, 6.07) is 0. The third-order valence-electron chi connectivity index (χ3n) is 3.25. The van der Waals surface area contributed by atoms with Gasteiger partial charge in [0, 0.05) is 19.6 Å². The van der Waals surface area contributed by atoms with Crippen LogP contribution in [0.15, 0.2) is 0 Å². The number of carbonyl (C=O) groups is 1. The van der Waals surface area contributed by atoms with Gasteiger partial charge in [0.05, 0.1) is 0 Å². The molecule has 1 aliphatic heterocycles. The molecule has 16 heavy (non-hydrogen) atoms. The molecule has 0 aliphatic carbocycles. The van der Waals surface area contributed by atoms with Crippen LogP contribution < -0.4 is 4.90 Å². The summed E-state index contributed by atoms with van der Waals surface area (Å²) in [5.74, 6) is 2.06. The summed E-state index contributed by atoms with van der Waals surface area (Å²) in [5, 5.41) is 8.02. The maximum absolute atomic E-state index is 10.8. The zero-order valence-corrected chi connectivity index (χ0v) is 9.89. The van der Waals surface area contributed by atoms with Gasteiger partial charge in [0.1, 0.15) is 0 Å². The number of aldehydes is 1. The Morgan fingerprint density at radius 3 is 2.62 bits per heavy atom. The van der Waals surface area contributed by atoms with E-state index in [9.17, 15) is 4.79 Å². The molecule has 1 saturated heterocycles. The molecular weight excluding hydrogens is 204 g/mol. The molecule has 88 valence electrons. The zero-order valence-electron chi connectivity index (χ0n) is 9.89. The number of carbonyl (C=O) groups excluding carboxylic acids is 1. The van der Waals surface area contributed by atoms with Crippen molar-refractivity contribution < 1.29 is 4.79 Å². The van der Waals surface area contributed by atoms with Crippen molar-refractivity contribution in [3.05, 3.63) is 5.82 Å². The van der Waals surface area contributed by atoms with E-state index in [1.165, 1.54) is 12.8 Å². The second kappa shape index (κ2) is 4.63. The van der Waals surface area contributed by atoms with E-state index in [0.29, 0.717) is 5.82 Å². The highest BCUT2D eigenvalue weighted by molar-refractivity contribution is 5.70. The number of aromatic nitrogens is 3. The largest absolute Gasteiger partial charge is 0.341 e. The fourth-order valence-electron chi connectivity index (χ4n) is 2.14. The molecule has 0 aromatic carbocycles. The van der Waals surface area contributed by atoms with Crippen molar-refractivity contribution in [3.63, 3.8) is 0 Å². The molecule has 0 amide bonds. The maximum atomic E-state index is 10.8. The monoisotopic (exact) mass is 222 g/mol. The molecule has 1 fully saturated rings. The lowest BCUT2D eigenvalue weighted by atomic mass is 10.00. The van der Waals surface area contributed by atoms with Gasteiger partial charge in [-0.05, 0) is 25.7 Å². The van der Waals surface area contributed by atoms with Crippen LogP contribution in [0.5, 0.6) is 0 Å². The van der Waals surface area contributed by atoms with E-state index in [0.717, 1.165) is 37.8 Å². The van der Waals surface area contributed by atoms with Crippen LogP contribution in [0, 0.1) is 5.92 Å². The highest BCUT2D eigenvalue weighted by Crippen LogP contribution is 2.21. The number of hydrogen-bond donors (Lipinski definition) is 0. The van der Waals surface area contributed by atoms with E-state index < -0.39 is 0 Å². The number of piperidine rings is 1. The molecular formula is C11H18N4O. The summed E-state index contributed by atoms with van der Waals surface area (Å²) < 4.78 is 1.88. The van der Waals surface area contributed by atoms with Crippen molar-refractivity contribution in [1.29, 1.82) is 0 Å². The summed E-state index contributed by atoms with van der Waals surface area (Å²) in [6.45, 7) is 7.05. The van der Waals surface area contributed by atoms with Crippen LogP contribution in [0.2, 0.25) is 0 Å². The second-order valence-electron chi connectivity index (χ2n) is 4.39. The fourth-order valence-corrected chi connectivity index (χ4v) is 2.14. The van der Waals surface area contributed by atoms with Crippen LogP contribution in [-0.2, 0) is 6.54 Å². The molecule has 0 saturated carbocycles. The SMILES string of the molecule is CCn1c(C=O)nnc1N1CCC(C)CC1. The topological polar surface area (TPSA) is 51.0 Å². The van der Waals surface area contributed by atoms with Gasteiger partial charge < -0.3 is 4.90 Å². The first-order valence-electron chi connectivity index (χ1n) is 5.89. The van der Waals surface area contributed by atoms with Gasteiger partial charge in [0.15, 0.2) is 12.1 Å². The standard InChI is InChI=1S/C11H18N4O/c1-3-15-10(8-16)12-13-11(15)14-6-4-9(2)5-7-14/h8-9H,3-7H2,1-2H3. The van der Waals surface area contributed by atoms with Gasteiger partial charge >= 0.3 is 0 Å². The van der Waals surface area contributed by atoms with Crippen molar-refractivity contribution >= 4 is 12.2 Å². The summed E-state index contributed by atoms with van der Waals surface area (Å²) in [5.41, 5.74) is 0. The Labute approximate surface area is 95.5 Å². The van der Waals surface area contributed by atoms with Gasteiger partial charge in [-0.25, -0.2) is 0 Å². The van der Waals surface area contributed by atoms with Crippen LogP contribution in [0.25, 0.3) is 0 Å². The number of hydrogen-bond acceptors (Lipinski definition) is 4. The number of anilines is 1. The summed E-state index contributed by atoms with van der Waals surface area (Å²) in [4.78, 5) is 13.0. The van der Waals surface area contributed by atoms with Gasteiger partial charge in [-0.2, -0.15) is 0 Å². The Balaban J connectivity index is 2.20. The zero-order chi connectivity index (χ0) is 11.5. The van der Waals surface area contributed by atoms with E-state index >= 15 is 0 Å². The number of rotatable bonds is 3. The van der Waals surface area contributed by atoms with Gasteiger partial charge in [0.25, 0.3) is 0 Å². The van der Waals surface area contributed by atoms with Gasteiger partial charge in [0.2, 0.25) is 5.95 Å². The normalized spacial score (nSPS) is 17.8. The third kappa shape index (κ3) is 1.94. The first-order chi connectivity index (χ1) is 7.76.